The first-order chi connectivity index (χ1) is 12.3. The Labute approximate surface area is 148 Å². The van der Waals surface area contributed by atoms with E-state index in [1.807, 2.05) is 41.5 Å². The number of benzene rings is 2. The van der Waals surface area contributed by atoms with E-state index in [0.717, 1.165) is 41.9 Å². The fourth-order valence-electron chi connectivity index (χ4n) is 3.16. The highest BCUT2D eigenvalue weighted by molar-refractivity contribution is 5.78. The van der Waals surface area contributed by atoms with Crippen molar-refractivity contribution in [3.8, 4) is 5.75 Å². The maximum atomic E-state index is 5.96. The average molecular weight is 334 g/mol. The molecule has 1 aliphatic heterocycles. The van der Waals surface area contributed by atoms with Crippen molar-refractivity contribution in [2.45, 2.75) is 26.1 Å². The molecule has 1 aliphatic rings. The molecule has 0 bridgehead atoms. The number of hydrogen-bond donors (Lipinski definition) is 0. The third-order valence-electron chi connectivity index (χ3n) is 4.54. The predicted octanol–water partition coefficient (Wildman–Crippen LogP) is 4.51. The molecule has 4 nitrogen and oxygen atoms in total. The van der Waals surface area contributed by atoms with E-state index in [0.29, 0.717) is 6.61 Å². The Morgan fingerprint density at radius 3 is 2.92 bits per heavy atom. The second-order valence-electron chi connectivity index (χ2n) is 6.26. The van der Waals surface area contributed by atoms with Crippen LogP contribution in [0, 0.1) is 0 Å². The van der Waals surface area contributed by atoms with Gasteiger partial charge in [0.15, 0.2) is 0 Å². The zero-order chi connectivity index (χ0) is 17.1. The van der Waals surface area contributed by atoms with E-state index in [-0.39, 0.29) is 6.10 Å². The van der Waals surface area contributed by atoms with Gasteiger partial charge in [-0.15, -0.1) is 0 Å². The quantitative estimate of drug-likeness (QED) is 0.687. The lowest BCUT2D eigenvalue weighted by Crippen LogP contribution is -2.16. The summed E-state index contributed by atoms with van der Waals surface area (Å²) in [5, 5.41) is 3.16. The van der Waals surface area contributed by atoms with Crippen LogP contribution < -0.4 is 4.74 Å². The molecule has 1 unspecified atom stereocenters. The third kappa shape index (κ3) is 3.65. The lowest BCUT2D eigenvalue weighted by Gasteiger charge is -2.15. The standard InChI is InChI=1S/C21H22N2O2/c1-2-23-13-12-21(25-23)17-7-5-8-19(14-17)24-15-18-11-10-16-6-3-4-9-20(16)22-18/h3-11,14,21H,2,12-13,15H2,1H3. The number of para-hydroxylation sites is 1. The largest absolute Gasteiger partial charge is 0.487 e. The number of rotatable bonds is 5. The van der Waals surface area contributed by atoms with Crippen LogP contribution in [0.15, 0.2) is 60.7 Å². The van der Waals surface area contributed by atoms with Crippen LogP contribution in [0.2, 0.25) is 0 Å². The molecule has 1 atom stereocenters. The zero-order valence-electron chi connectivity index (χ0n) is 14.4. The van der Waals surface area contributed by atoms with E-state index < -0.39 is 0 Å². The van der Waals surface area contributed by atoms with Crippen LogP contribution in [-0.2, 0) is 11.4 Å². The van der Waals surface area contributed by atoms with Crippen molar-refractivity contribution >= 4 is 10.9 Å². The van der Waals surface area contributed by atoms with Gasteiger partial charge in [0.1, 0.15) is 18.5 Å². The highest BCUT2D eigenvalue weighted by atomic mass is 16.7. The molecule has 1 aromatic heterocycles. The van der Waals surface area contributed by atoms with Crippen LogP contribution in [0.3, 0.4) is 0 Å². The van der Waals surface area contributed by atoms with Gasteiger partial charge in [0.05, 0.1) is 11.2 Å². The van der Waals surface area contributed by atoms with Crippen LogP contribution in [0.25, 0.3) is 10.9 Å². The van der Waals surface area contributed by atoms with Crippen LogP contribution >= 0.6 is 0 Å². The Kier molecular flexibility index (Phi) is 4.63. The van der Waals surface area contributed by atoms with Crippen LogP contribution in [-0.4, -0.2) is 23.1 Å². The molecule has 0 N–H and O–H groups in total. The highest BCUT2D eigenvalue weighted by Crippen LogP contribution is 2.30. The van der Waals surface area contributed by atoms with Gasteiger partial charge in [-0.25, -0.2) is 4.98 Å². The SMILES string of the molecule is CCN1CCC(c2cccc(OCc3ccc4ccccc4n3)c2)O1. The fourth-order valence-corrected chi connectivity index (χ4v) is 3.16. The lowest BCUT2D eigenvalue weighted by atomic mass is 10.1. The molecular formula is C21H22N2O2. The number of ether oxygens (including phenoxy) is 1. The van der Waals surface area contributed by atoms with Gasteiger partial charge in [-0.1, -0.05) is 43.3 Å². The van der Waals surface area contributed by atoms with Gasteiger partial charge in [-0.2, -0.15) is 5.06 Å². The molecule has 2 heterocycles. The first kappa shape index (κ1) is 16.1. The number of fused-ring (bicyclic) bond motifs is 1. The molecule has 0 spiro atoms. The molecule has 2 aromatic carbocycles. The maximum absolute atomic E-state index is 5.96. The van der Waals surface area contributed by atoms with E-state index in [9.17, 15) is 0 Å². The van der Waals surface area contributed by atoms with Gasteiger partial charge in [0, 0.05) is 18.5 Å². The summed E-state index contributed by atoms with van der Waals surface area (Å²) in [6.45, 7) is 4.47. The molecule has 4 heteroatoms. The van der Waals surface area contributed by atoms with Gasteiger partial charge < -0.3 is 4.74 Å². The molecule has 1 fully saturated rings. The maximum Gasteiger partial charge on any atom is 0.130 e. The minimum Gasteiger partial charge on any atom is -0.487 e. The van der Waals surface area contributed by atoms with E-state index >= 15 is 0 Å². The smallest absolute Gasteiger partial charge is 0.130 e. The normalized spacial score (nSPS) is 17.9. The number of pyridine rings is 1. The van der Waals surface area contributed by atoms with Crippen molar-refractivity contribution in [1.82, 2.24) is 10.0 Å². The molecule has 0 saturated carbocycles. The molecule has 0 amide bonds. The predicted molar refractivity (Wildman–Crippen MR) is 98.2 cm³/mol. The van der Waals surface area contributed by atoms with Crippen LogP contribution in [0.1, 0.15) is 30.7 Å². The average Bonchev–Trinajstić information content (AvgIpc) is 3.16. The van der Waals surface area contributed by atoms with E-state index in [1.165, 1.54) is 5.56 Å². The van der Waals surface area contributed by atoms with Crippen molar-refractivity contribution in [3.05, 3.63) is 71.9 Å². The minimum atomic E-state index is 0.127. The van der Waals surface area contributed by atoms with Gasteiger partial charge in [-0.3, -0.25) is 4.84 Å². The summed E-state index contributed by atoms with van der Waals surface area (Å²) in [5.41, 5.74) is 3.09. The van der Waals surface area contributed by atoms with Crippen molar-refractivity contribution in [2.24, 2.45) is 0 Å². The van der Waals surface area contributed by atoms with Gasteiger partial charge in [0.25, 0.3) is 0 Å². The first-order valence-corrected chi connectivity index (χ1v) is 8.81. The summed E-state index contributed by atoms with van der Waals surface area (Å²) in [6, 6.07) is 20.4. The van der Waals surface area contributed by atoms with Crippen molar-refractivity contribution < 1.29 is 9.57 Å². The van der Waals surface area contributed by atoms with Gasteiger partial charge >= 0.3 is 0 Å². The topological polar surface area (TPSA) is 34.6 Å². The number of aromatic nitrogens is 1. The summed E-state index contributed by atoms with van der Waals surface area (Å²) in [4.78, 5) is 10.6. The van der Waals surface area contributed by atoms with Gasteiger partial charge in [-0.05, 0) is 36.2 Å². The van der Waals surface area contributed by atoms with Crippen molar-refractivity contribution in [1.29, 1.82) is 0 Å². The Morgan fingerprint density at radius 1 is 1.12 bits per heavy atom. The third-order valence-corrected chi connectivity index (χ3v) is 4.54. The highest BCUT2D eigenvalue weighted by Gasteiger charge is 2.24. The van der Waals surface area contributed by atoms with E-state index in [1.54, 1.807) is 0 Å². The summed E-state index contributed by atoms with van der Waals surface area (Å²) in [7, 11) is 0. The Hall–Kier alpha value is -2.43. The molecule has 1 saturated heterocycles. The van der Waals surface area contributed by atoms with E-state index in [2.05, 4.69) is 36.2 Å². The Morgan fingerprint density at radius 2 is 2.04 bits per heavy atom. The number of hydroxylamine groups is 2. The number of nitrogens with zero attached hydrogens (tertiary/aromatic N) is 2. The van der Waals surface area contributed by atoms with Crippen molar-refractivity contribution in [3.63, 3.8) is 0 Å². The Balaban J connectivity index is 1.44. The molecular weight excluding hydrogens is 312 g/mol. The van der Waals surface area contributed by atoms with Crippen LogP contribution in [0.5, 0.6) is 5.75 Å². The summed E-state index contributed by atoms with van der Waals surface area (Å²) < 4.78 is 5.96. The molecule has 0 radical (unpaired) electrons. The minimum absolute atomic E-state index is 0.127. The zero-order valence-corrected chi connectivity index (χ0v) is 14.4. The first-order valence-electron chi connectivity index (χ1n) is 8.81. The molecule has 25 heavy (non-hydrogen) atoms. The second-order valence-corrected chi connectivity index (χ2v) is 6.26. The molecule has 3 aromatic rings. The lowest BCUT2D eigenvalue weighted by molar-refractivity contribution is -0.144. The summed E-state index contributed by atoms with van der Waals surface area (Å²) in [5.74, 6) is 0.853. The van der Waals surface area contributed by atoms with Gasteiger partial charge in [0.2, 0.25) is 0 Å². The second kappa shape index (κ2) is 7.21. The molecule has 4 rings (SSSR count). The monoisotopic (exact) mass is 334 g/mol. The number of hydrogen-bond acceptors (Lipinski definition) is 4. The van der Waals surface area contributed by atoms with Crippen LogP contribution in [0.4, 0.5) is 0 Å². The molecule has 128 valence electrons. The molecule has 0 aliphatic carbocycles. The summed E-state index contributed by atoms with van der Waals surface area (Å²) >= 11 is 0. The fraction of sp³-hybridized carbons (Fsp3) is 0.286. The van der Waals surface area contributed by atoms with E-state index in [4.69, 9.17) is 9.57 Å². The summed E-state index contributed by atoms with van der Waals surface area (Å²) in [6.07, 6.45) is 1.14. The van der Waals surface area contributed by atoms with Crippen molar-refractivity contribution in [2.75, 3.05) is 13.1 Å². The Bertz CT molecular complexity index is 865.